The van der Waals surface area contributed by atoms with Crippen molar-refractivity contribution in [1.29, 1.82) is 0 Å². The van der Waals surface area contributed by atoms with Crippen LogP contribution < -0.4 is 5.32 Å². The summed E-state index contributed by atoms with van der Waals surface area (Å²) in [6.07, 6.45) is 1.58. The lowest BCUT2D eigenvalue weighted by atomic mass is 10.0. The van der Waals surface area contributed by atoms with Crippen molar-refractivity contribution in [3.05, 3.63) is 74.6 Å². The van der Waals surface area contributed by atoms with Crippen LogP contribution in [0.5, 0.6) is 0 Å². The van der Waals surface area contributed by atoms with E-state index in [1.165, 1.54) is 11.3 Å². The Bertz CT molecular complexity index is 1260. The molecule has 2 heterocycles. The van der Waals surface area contributed by atoms with Crippen LogP contribution in [0, 0.1) is 0 Å². The van der Waals surface area contributed by atoms with Gasteiger partial charge in [0.15, 0.2) is 11.7 Å². The molecule has 6 nitrogen and oxygen atoms in total. The van der Waals surface area contributed by atoms with E-state index in [9.17, 15) is 9.59 Å². The third kappa shape index (κ3) is 4.75. The third-order valence-corrected chi connectivity index (χ3v) is 6.00. The minimum atomic E-state index is -0.597. The van der Waals surface area contributed by atoms with Crippen LogP contribution in [0.1, 0.15) is 10.4 Å². The lowest BCUT2D eigenvalue weighted by Crippen LogP contribution is -2.21. The van der Waals surface area contributed by atoms with Crippen molar-refractivity contribution < 1.29 is 14.3 Å². The third-order valence-electron chi connectivity index (χ3n) is 4.11. The number of hydrogen-bond acceptors (Lipinski definition) is 6. The maximum absolute atomic E-state index is 12.8. The highest BCUT2D eigenvalue weighted by molar-refractivity contribution is 9.11. The molecule has 0 aliphatic rings. The summed E-state index contributed by atoms with van der Waals surface area (Å²) < 4.78 is 6.97. The largest absolute Gasteiger partial charge is 0.452 e. The molecule has 1 amide bonds. The number of hydrogen-bond donors (Lipinski definition) is 1. The van der Waals surface area contributed by atoms with Crippen LogP contribution in [0.3, 0.4) is 0 Å². The van der Waals surface area contributed by atoms with Crippen LogP contribution in [0.2, 0.25) is 0 Å². The quantitative estimate of drug-likeness (QED) is 0.326. The molecular weight excluding hydrogens is 534 g/mol. The van der Waals surface area contributed by atoms with Gasteiger partial charge in [0.05, 0.1) is 26.8 Å². The van der Waals surface area contributed by atoms with E-state index in [0.717, 1.165) is 13.8 Å². The Labute approximate surface area is 192 Å². The molecule has 0 atom stereocenters. The van der Waals surface area contributed by atoms with E-state index >= 15 is 0 Å². The van der Waals surface area contributed by atoms with Gasteiger partial charge < -0.3 is 4.74 Å². The lowest BCUT2D eigenvalue weighted by Gasteiger charge is -2.10. The number of pyridine rings is 1. The summed E-state index contributed by atoms with van der Waals surface area (Å²) in [6.45, 7) is -0.418. The second-order valence-electron chi connectivity index (χ2n) is 6.18. The number of benzene rings is 2. The summed E-state index contributed by atoms with van der Waals surface area (Å²) in [6, 6.07) is 16.7. The highest BCUT2D eigenvalue weighted by atomic mass is 79.9. The number of amides is 1. The molecule has 0 unspecified atom stereocenters. The van der Waals surface area contributed by atoms with Crippen molar-refractivity contribution in [3.63, 3.8) is 0 Å². The Morgan fingerprint density at radius 3 is 2.67 bits per heavy atom. The lowest BCUT2D eigenvalue weighted by molar-refractivity contribution is -0.119. The van der Waals surface area contributed by atoms with E-state index < -0.39 is 18.5 Å². The van der Waals surface area contributed by atoms with Gasteiger partial charge in [-0.25, -0.2) is 14.8 Å². The maximum Gasteiger partial charge on any atom is 0.339 e. The van der Waals surface area contributed by atoms with Gasteiger partial charge in [-0.1, -0.05) is 57.6 Å². The van der Waals surface area contributed by atoms with Gasteiger partial charge in [-0.15, -0.1) is 0 Å². The Kier molecular flexibility index (Phi) is 6.21. The average molecular weight is 547 g/mol. The number of para-hydroxylation sites is 1. The van der Waals surface area contributed by atoms with Crippen LogP contribution in [0.4, 0.5) is 5.13 Å². The Balaban J connectivity index is 1.59. The molecule has 9 heteroatoms. The number of rotatable bonds is 5. The van der Waals surface area contributed by atoms with Crippen LogP contribution in [0.25, 0.3) is 22.2 Å². The fraction of sp³-hybridized carbons (Fsp3) is 0.0476. The summed E-state index contributed by atoms with van der Waals surface area (Å²) in [4.78, 5) is 33.6. The zero-order valence-electron chi connectivity index (χ0n) is 15.3. The van der Waals surface area contributed by atoms with Crippen molar-refractivity contribution in [2.75, 3.05) is 11.9 Å². The summed E-state index contributed by atoms with van der Waals surface area (Å²) in [5, 5.41) is 3.68. The highest BCUT2D eigenvalue weighted by Gasteiger charge is 2.17. The van der Waals surface area contributed by atoms with Gasteiger partial charge in [-0.3, -0.25) is 10.1 Å². The molecule has 2 aromatic heterocycles. The molecule has 0 fully saturated rings. The fourth-order valence-electron chi connectivity index (χ4n) is 2.82. The van der Waals surface area contributed by atoms with Crippen molar-refractivity contribution in [1.82, 2.24) is 9.97 Å². The molecular formula is C21H13Br2N3O3S. The molecule has 0 spiro atoms. The molecule has 0 bridgehead atoms. The van der Waals surface area contributed by atoms with Crippen LogP contribution in [-0.2, 0) is 9.53 Å². The number of carbonyl (C=O) groups excluding carboxylic acids is 2. The zero-order valence-corrected chi connectivity index (χ0v) is 19.3. The van der Waals surface area contributed by atoms with E-state index in [0.29, 0.717) is 27.3 Å². The van der Waals surface area contributed by atoms with E-state index in [1.54, 1.807) is 18.3 Å². The first-order valence-corrected chi connectivity index (χ1v) is 11.1. The standard InChI is InChI=1S/C21H13Br2N3O3S/c22-13-5-3-4-12(8-13)17-9-15(14-6-1-2-7-16(14)25-17)20(28)29-11-19(27)26-21-24-10-18(23)30-21/h1-10H,11H2,(H,24,26,27). The van der Waals surface area contributed by atoms with Crippen LogP contribution in [0.15, 0.2) is 69.1 Å². The average Bonchev–Trinajstić information content (AvgIpc) is 3.15. The van der Waals surface area contributed by atoms with Crippen LogP contribution >= 0.6 is 43.2 Å². The molecule has 1 N–H and O–H groups in total. The van der Waals surface area contributed by atoms with Crippen molar-refractivity contribution in [2.24, 2.45) is 0 Å². The van der Waals surface area contributed by atoms with Gasteiger partial charge in [-0.05, 0) is 40.2 Å². The Hall–Kier alpha value is -2.62. The number of nitrogens with zero attached hydrogens (tertiary/aromatic N) is 2. The molecule has 4 rings (SSSR count). The molecule has 2 aromatic carbocycles. The van der Waals surface area contributed by atoms with Gasteiger partial charge in [-0.2, -0.15) is 0 Å². The minimum Gasteiger partial charge on any atom is -0.452 e. The number of fused-ring (bicyclic) bond motifs is 1. The first-order chi connectivity index (χ1) is 14.5. The number of aromatic nitrogens is 2. The van der Waals surface area contributed by atoms with E-state index in [4.69, 9.17) is 4.74 Å². The first kappa shape index (κ1) is 20.6. The number of ether oxygens (including phenoxy) is 1. The van der Waals surface area contributed by atoms with E-state index in [-0.39, 0.29) is 0 Å². The van der Waals surface area contributed by atoms with E-state index in [2.05, 4.69) is 47.1 Å². The predicted octanol–water partition coefficient (Wildman–Crippen LogP) is 5.68. The molecule has 0 aliphatic carbocycles. The number of thiazole rings is 1. The molecule has 0 saturated carbocycles. The summed E-state index contributed by atoms with van der Waals surface area (Å²) in [5.74, 6) is -1.06. The van der Waals surface area contributed by atoms with Gasteiger partial charge in [0.2, 0.25) is 0 Å². The second kappa shape index (κ2) is 9.03. The highest BCUT2D eigenvalue weighted by Crippen LogP contribution is 2.27. The Morgan fingerprint density at radius 1 is 1.07 bits per heavy atom. The van der Waals surface area contributed by atoms with Crippen molar-refractivity contribution in [3.8, 4) is 11.3 Å². The van der Waals surface area contributed by atoms with Gasteiger partial charge in [0.1, 0.15) is 0 Å². The van der Waals surface area contributed by atoms with E-state index in [1.807, 2.05) is 42.5 Å². The van der Waals surface area contributed by atoms with Gasteiger partial charge in [0, 0.05) is 15.4 Å². The second-order valence-corrected chi connectivity index (χ2v) is 9.50. The van der Waals surface area contributed by atoms with Gasteiger partial charge in [0.25, 0.3) is 5.91 Å². The normalized spacial score (nSPS) is 10.7. The SMILES string of the molecule is O=C(COC(=O)c1cc(-c2cccc(Br)c2)nc2ccccc12)Nc1ncc(Br)s1. The smallest absolute Gasteiger partial charge is 0.339 e. The number of carbonyl (C=O) groups is 2. The van der Waals surface area contributed by atoms with Gasteiger partial charge >= 0.3 is 5.97 Å². The minimum absolute atomic E-state index is 0.348. The summed E-state index contributed by atoms with van der Waals surface area (Å²) >= 11 is 8.00. The topological polar surface area (TPSA) is 81.2 Å². The van der Waals surface area contributed by atoms with Crippen molar-refractivity contribution >= 4 is 71.1 Å². The molecule has 0 saturated heterocycles. The number of halogens is 2. The molecule has 0 radical (unpaired) electrons. The Morgan fingerprint density at radius 2 is 1.90 bits per heavy atom. The van der Waals surface area contributed by atoms with Crippen LogP contribution in [-0.4, -0.2) is 28.5 Å². The molecule has 0 aliphatic heterocycles. The number of anilines is 1. The predicted molar refractivity (Wildman–Crippen MR) is 124 cm³/mol. The fourth-order valence-corrected chi connectivity index (χ4v) is 4.34. The zero-order chi connectivity index (χ0) is 21.1. The van der Waals surface area contributed by atoms with Crippen molar-refractivity contribution in [2.45, 2.75) is 0 Å². The summed E-state index contributed by atoms with van der Waals surface area (Å²) in [5.41, 5.74) is 2.51. The first-order valence-electron chi connectivity index (χ1n) is 8.73. The maximum atomic E-state index is 12.8. The number of esters is 1. The molecule has 4 aromatic rings. The molecule has 150 valence electrons. The molecule has 30 heavy (non-hydrogen) atoms. The monoisotopic (exact) mass is 545 g/mol. The summed E-state index contributed by atoms with van der Waals surface area (Å²) in [7, 11) is 0. The number of nitrogens with one attached hydrogen (secondary N) is 1.